The monoisotopic (exact) mass is 397 g/mol. The molecule has 1 fully saturated rings. The first-order chi connectivity index (χ1) is 14.8. The Kier molecular flexibility index (Phi) is 4.93. The van der Waals surface area contributed by atoms with Crippen molar-refractivity contribution in [2.45, 2.75) is 32.3 Å². The molecule has 0 spiro atoms. The van der Waals surface area contributed by atoms with Gasteiger partial charge in [-0.05, 0) is 43.4 Å². The largest absolute Gasteiger partial charge is 0.474 e. The van der Waals surface area contributed by atoms with Crippen molar-refractivity contribution in [1.29, 1.82) is 0 Å². The fourth-order valence-corrected chi connectivity index (χ4v) is 3.50. The molecule has 0 radical (unpaired) electrons. The average molecular weight is 397 g/mol. The van der Waals surface area contributed by atoms with E-state index in [1.807, 2.05) is 43.3 Å². The van der Waals surface area contributed by atoms with E-state index in [4.69, 9.17) is 9.26 Å². The van der Waals surface area contributed by atoms with Gasteiger partial charge in [0.2, 0.25) is 5.88 Å². The molecule has 1 N–H and O–H groups in total. The highest BCUT2D eigenvalue weighted by Gasteiger charge is 2.20. The molecular weight excluding hydrogens is 374 g/mol. The van der Waals surface area contributed by atoms with E-state index in [-0.39, 0.29) is 0 Å². The van der Waals surface area contributed by atoms with E-state index in [1.165, 1.54) is 12.0 Å². The number of anilines is 2. The van der Waals surface area contributed by atoms with Gasteiger partial charge in [-0.15, -0.1) is 0 Å². The zero-order valence-corrected chi connectivity index (χ0v) is 16.8. The van der Waals surface area contributed by atoms with Crippen LogP contribution in [0.5, 0.6) is 5.88 Å². The van der Waals surface area contributed by atoms with Crippen LogP contribution >= 0.6 is 0 Å². The number of nitrogens with one attached hydrogen (secondary N) is 1. The molecule has 0 bridgehead atoms. The summed E-state index contributed by atoms with van der Waals surface area (Å²) < 4.78 is 11.6. The van der Waals surface area contributed by atoms with Crippen LogP contribution in [0.1, 0.15) is 25.0 Å². The van der Waals surface area contributed by atoms with Crippen molar-refractivity contribution >= 4 is 11.5 Å². The van der Waals surface area contributed by atoms with E-state index in [0.29, 0.717) is 23.6 Å². The number of aryl methyl sites for hydroxylation is 1. The highest BCUT2D eigenvalue weighted by atomic mass is 16.5. The Hall–Kier alpha value is -3.60. The standard InChI is InChI=1S/C25H23N3O2/c1-17-24(27-22-11-6-12-23(26-22)29-21-9-5-10-21)25(30-28-17)20-15-13-19(14-16-20)18-7-3-2-4-8-18/h2-4,6-8,11-16,21H,5,9-10H2,1H3,(H,26,27). The van der Waals surface area contributed by atoms with Gasteiger partial charge in [-0.3, -0.25) is 0 Å². The van der Waals surface area contributed by atoms with E-state index in [1.54, 1.807) is 0 Å². The minimum Gasteiger partial charge on any atom is -0.474 e. The van der Waals surface area contributed by atoms with E-state index in [9.17, 15) is 0 Å². The molecule has 0 atom stereocenters. The summed E-state index contributed by atoms with van der Waals surface area (Å²) in [5.74, 6) is 2.05. The molecule has 5 nitrogen and oxygen atoms in total. The Balaban J connectivity index is 1.39. The summed E-state index contributed by atoms with van der Waals surface area (Å²) in [6.07, 6.45) is 3.73. The Labute approximate surface area is 175 Å². The van der Waals surface area contributed by atoms with Gasteiger partial charge in [-0.25, -0.2) is 0 Å². The van der Waals surface area contributed by atoms with Crippen molar-refractivity contribution in [2.24, 2.45) is 0 Å². The van der Waals surface area contributed by atoms with Gasteiger partial charge in [0, 0.05) is 11.6 Å². The number of benzene rings is 2. The Morgan fingerprint density at radius 3 is 2.33 bits per heavy atom. The molecule has 4 aromatic rings. The topological polar surface area (TPSA) is 60.2 Å². The van der Waals surface area contributed by atoms with Crippen LogP contribution in [0.25, 0.3) is 22.5 Å². The van der Waals surface area contributed by atoms with Crippen molar-refractivity contribution in [3.63, 3.8) is 0 Å². The number of hydrogen-bond acceptors (Lipinski definition) is 5. The molecular formula is C25H23N3O2. The van der Waals surface area contributed by atoms with Crippen LogP contribution < -0.4 is 10.1 Å². The lowest BCUT2D eigenvalue weighted by molar-refractivity contribution is 0.115. The maximum atomic E-state index is 5.92. The molecule has 150 valence electrons. The number of rotatable bonds is 6. The molecule has 1 aliphatic carbocycles. The zero-order chi connectivity index (χ0) is 20.3. The molecule has 5 rings (SSSR count). The SMILES string of the molecule is Cc1noc(-c2ccc(-c3ccccc3)cc2)c1Nc1cccc(OC2CCC2)n1. The highest BCUT2D eigenvalue weighted by molar-refractivity contribution is 5.79. The van der Waals surface area contributed by atoms with Gasteiger partial charge >= 0.3 is 0 Å². The number of hydrogen-bond donors (Lipinski definition) is 1. The van der Waals surface area contributed by atoms with Gasteiger partial charge in [0.15, 0.2) is 5.76 Å². The molecule has 2 aromatic heterocycles. The number of aromatic nitrogens is 2. The van der Waals surface area contributed by atoms with Crippen molar-refractivity contribution in [3.8, 4) is 28.3 Å². The van der Waals surface area contributed by atoms with Crippen molar-refractivity contribution in [3.05, 3.63) is 78.5 Å². The van der Waals surface area contributed by atoms with Gasteiger partial charge < -0.3 is 14.6 Å². The average Bonchev–Trinajstić information content (AvgIpc) is 3.12. The summed E-state index contributed by atoms with van der Waals surface area (Å²) in [5, 5.41) is 7.53. The normalized spacial score (nSPS) is 13.6. The van der Waals surface area contributed by atoms with Gasteiger partial charge in [0.05, 0.1) is 0 Å². The first-order valence-electron chi connectivity index (χ1n) is 10.3. The second-order valence-electron chi connectivity index (χ2n) is 7.57. The van der Waals surface area contributed by atoms with E-state index in [2.05, 4.69) is 51.9 Å². The third-order valence-electron chi connectivity index (χ3n) is 5.43. The molecule has 30 heavy (non-hydrogen) atoms. The predicted molar refractivity (Wildman–Crippen MR) is 118 cm³/mol. The second kappa shape index (κ2) is 8.03. The summed E-state index contributed by atoms with van der Waals surface area (Å²) in [4.78, 5) is 4.60. The molecule has 0 amide bonds. The van der Waals surface area contributed by atoms with Crippen LogP contribution in [0.3, 0.4) is 0 Å². The first kappa shape index (κ1) is 18.4. The maximum Gasteiger partial charge on any atom is 0.215 e. The molecule has 1 aliphatic rings. The van der Waals surface area contributed by atoms with Crippen molar-refractivity contribution in [1.82, 2.24) is 10.1 Å². The van der Waals surface area contributed by atoms with Gasteiger partial charge in [0.1, 0.15) is 23.3 Å². The maximum absolute atomic E-state index is 5.92. The van der Waals surface area contributed by atoms with Crippen LogP contribution in [0.15, 0.2) is 77.3 Å². The zero-order valence-electron chi connectivity index (χ0n) is 16.8. The Bertz CT molecular complexity index is 1130. The highest BCUT2D eigenvalue weighted by Crippen LogP contribution is 2.34. The first-order valence-corrected chi connectivity index (χ1v) is 10.3. The summed E-state index contributed by atoms with van der Waals surface area (Å²) >= 11 is 0. The fraction of sp³-hybridized carbons (Fsp3) is 0.200. The molecule has 1 saturated carbocycles. The minimum atomic E-state index is 0.295. The van der Waals surface area contributed by atoms with E-state index < -0.39 is 0 Å². The van der Waals surface area contributed by atoms with Gasteiger partial charge in [-0.2, -0.15) is 4.98 Å². The molecule has 2 heterocycles. The number of pyridine rings is 1. The third kappa shape index (κ3) is 3.79. The van der Waals surface area contributed by atoms with Gasteiger partial charge in [0.25, 0.3) is 0 Å². The number of nitrogens with zero attached hydrogens (tertiary/aromatic N) is 2. The molecule has 0 aliphatic heterocycles. The fourth-order valence-electron chi connectivity index (χ4n) is 3.50. The van der Waals surface area contributed by atoms with Crippen LogP contribution in [0, 0.1) is 6.92 Å². The second-order valence-corrected chi connectivity index (χ2v) is 7.57. The molecule has 0 unspecified atom stereocenters. The lowest BCUT2D eigenvalue weighted by Crippen LogP contribution is -2.24. The molecule has 0 saturated heterocycles. The molecule has 2 aromatic carbocycles. The summed E-state index contributed by atoms with van der Waals surface area (Å²) in [7, 11) is 0. The van der Waals surface area contributed by atoms with Crippen LogP contribution in [-0.4, -0.2) is 16.2 Å². The molecule has 5 heteroatoms. The third-order valence-corrected chi connectivity index (χ3v) is 5.43. The summed E-state index contributed by atoms with van der Waals surface area (Å²) in [6, 6.07) is 24.4. The van der Waals surface area contributed by atoms with E-state index >= 15 is 0 Å². The van der Waals surface area contributed by atoms with Crippen LogP contribution in [0.2, 0.25) is 0 Å². The minimum absolute atomic E-state index is 0.295. The van der Waals surface area contributed by atoms with E-state index in [0.717, 1.165) is 35.3 Å². The van der Waals surface area contributed by atoms with Crippen LogP contribution in [-0.2, 0) is 0 Å². The predicted octanol–water partition coefficient (Wildman–Crippen LogP) is 6.39. The smallest absolute Gasteiger partial charge is 0.215 e. The lowest BCUT2D eigenvalue weighted by Gasteiger charge is -2.25. The van der Waals surface area contributed by atoms with Crippen LogP contribution in [0.4, 0.5) is 11.5 Å². The van der Waals surface area contributed by atoms with Gasteiger partial charge in [-0.1, -0.05) is 65.8 Å². The number of ether oxygens (including phenoxy) is 1. The van der Waals surface area contributed by atoms with Crippen molar-refractivity contribution < 1.29 is 9.26 Å². The summed E-state index contributed by atoms with van der Waals surface area (Å²) in [6.45, 7) is 1.92. The quantitative estimate of drug-likeness (QED) is 0.409. The van der Waals surface area contributed by atoms with Crippen molar-refractivity contribution in [2.75, 3.05) is 5.32 Å². The lowest BCUT2D eigenvalue weighted by atomic mass is 9.96. The summed E-state index contributed by atoms with van der Waals surface area (Å²) in [5.41, 5.74) is 4.90. The Morgan fingerprint density at radius 2 is 1.60 bits per heavy atom. The Morgan fingerprint density at radius 1 is 0.867 bits per heavy atom.